The number of anilines is 1. The van der Waals surface area contributed by atoms with Crippen LogP contribution >= 0.6 is 15.9 Å². The van der Waals surface area contributed by atoms with Crippen molar-refractivity contribution in [3.63, 3.8) is 0 Å². The van der Waals surface area contributed by atoms with Crippen molar-refractivity contribution in [2.45, 2.75) is 13.0 Å². The lowest BCUT2D eigenvalue weighted by atomic mass is 10.2. The summed E-state index contributed by atoms with van der Waals surface area (Å²) in [6.07, 6.45) is 0.103. The van der Waals surface area contributed by atoms with Crippen LogP contribution in [0.4, 0.5) is 5.69 Å². The van der Waals surface area contributed by atoms with Gasteiger partial charge in [0.2, 0.25) is 0 Å². The highest BCUT2D eigenvalue weighted by Crippen LogP contribution is 2.31. The highest BCUT2D eigenvalue weighted by Gasteiger charge is 2.19. The van der Waals surface area contributed by atoms with Gasteiger partial charge in [0.1, 0.15) is 11.9 Å². The quantitative estimate of drug-likeness (QED) is 0.917. The normalized spacial score (nSPS) is 18.9. The van der Waals surface area contributed by atoms with Crippen LogP contribution in [-0.4, -0.2) is 25.9 Å². The zero-order chi connectivity index (χ0) is 10.7. The number of fused-ring (bicyclic) bond motifs is 1. The minimum atomic E-state index is 0.103. The standard InChI is InChI=1S/C11H14BrNO2/c1-2-14-7-9-6-13-10-4-3-8(12)5-11(10)15-9/h3-5,9,13H,2,6-7H2,1H3. The van der Waals surface area contributed by atoms with E-state index < -0.39 is 0 Å². The molecule has 1 aliphatic heterocycles. The van der Waals surface area contributed by atoms with E-state index in [0.717, 1.165) is 29.1 Å². The van der Waals surface area contributed by atoms with Crippen molar-refractivity contribution in [3.05, 3.63) is 22.7 Å². The second-order valence-corrected chi connectivity index (χ2v) is 4.34. The zero-order valence-electron chi connectivity index (χ0n) is 8.63. The Morgan fingerprint density at radius 1 is 1.60 bits per heavy atom. The Hall–Kier alpha value is -0.740. The maximum Gasteiger partial charge on any atom is 0.144 e. The third kappa shape index (κ3) is 2.63. The molecule has 0 aliphatic carbocycles. The van der Waals surface area contributed by atoms with Crippen molar-refractivity contribution in [1.82, 2.24) is 0 Å². The van der Waals surface area contributed by atoms with Gasteiger partial charge in [-0.25, -0.2) is 0 Å². The van der Waals surface area contributed by atoms with Crippen LogP contribution in [0.1, 0.15) is 6.92 Å². The molecule has 0 radical (unpaired) electrons. The van der Waals surface area contributed by atoms with Gasteiger partial charge in [-0.1, -0.05) is 15.9 Å². The smallest absolute Gasteiger partial charge is 0.144 e. The van der Waals surface area contributed by atoms with Gasteiger partial charge in [0.15, 0.2) is 0 Å². The molecule has 0 fully saturated rings. The molecule has 1 atom stereocenters. The Kier molecular flexibility index (Phi) is 3.49. The molecular weight excluding hydrogens is 258 g/mol. The molecule has 1 aliphatic rings. The SMILES string of the molecule is CCOCC1CNc2ccc(Br)cc2O1. The molecule has 0 spiro atoms. The molecule has 82 valence electrons. The van der Waals surface area contributed by atoms with Gasteiger partial charge < -0.3 is 14.8 Å². The Morgan fingerprint density at radius 2 is 2.47 bits per heavy atom. The van der Waals surface area contributed by atoms with E-state index in [0.29, 0.717) is 6.61 Å². The molecule has 1 heterocycles. The predicted molar refractivity (Wildman–Crippen MR) is 63.5 cm³/mol. The lowest BCUT2D eigenvalue weighted by Gasteiger charge is -2.27. The second kappa shape index (κ2) is 4.86. The minimum absolute atomic E-state index is 0.103. The van der Waals surface area contributed by atoms with E-state index in [1.807, 2.05) is 25.1 Å². The van der Waals surface area contributed by atoms with E-state index in [1.54, 1.807) is 0 Å². The number of hydrogen-bond acceptors (Lipinski definition) is 3. The van der Waals surface area contributed by atoms with Gasteiger partial charge in [-0.3, -0.25) is 0 Å². The molecular formula is C11H14BrNO2. The van der Waals surface area contributed by atoms with Crippen LogP contribution in [0.5, 0.6) is 5.75 Å². The fourth-order valence-corrected chi connectivity index (χ4v) is 1.87. The fourth-order valence-electron chi connectivity index (χ4n) is 1.53. The zero-order valence-corrected chi connectivity index (χ0v) is 10.2. The highest BCUT2D eigenvalue weighted by atomic mass is 79.9. The summed E-state index contributed by atoms with van der Waals surface area (Å²) in [5, 5.41) is 3.32. The third-order valence-electron chi connectivity index (χ3n) is 2.27. The summed E-state index contributed by atoms with van der Waals surface area (Å²) >= 11 is 3.42. The topological polar surface area (TPSA) is 30.5 Å². The predicted octanol–water partition coefficient (Wildman–Crippen LogP) is 2.66. The van der Waals surface area contributed by atoms with Crippen LogP contribution < -0.4 is 10.1 Å². The second-order valence-electron chi connectivity index (χ2n) is 3.42. The molecule has 1 aromatic carbocycles. The van der Waals surface area contributed by atoms with Gasteiger partial charge in [-0.05, 0) is 25.1 Å². The minimum Gasteiger partial charge on any atom is -0.484 e. The fraction of sp³-hybridized carbons (Fsp3) is 0.455. The molecule has 15 heavy (non-hydrogen) atoms. The summed E-state index contributed by atoms with van der Waals surface area (Å²) in [5.74, 6) is 0.889. The Balaban J connectivity index is 2.05. The average Bonchev–Trinajstić information content (AvgIpc) is 2.25. The Labute approximate surface area is 97.9 Å². The first-order chi connectivity index (χ1) is 7.29. The maximum atomic E-state index is 5.80. The summed E-state index contributed by atoms with van der Waals surface area (Å²) in [6, 6.07) is 5.98. The lowest BCUT2D eigenvalue weighted by molar-refractivity contribution is 0.0598. The van der Waals surface area contributed by atoms with Crippen molar-refractivity contribution in [3.8, 4) is 5.75 Å². The average molecular weight is 272 g/mol. The van der Waals surface area contributed by atoms with Gasteiger partial charge in [0, 0.05) is 11.1 Å². The van der Waals surface area contributed by atoms with Gasteiger partial charge in [-0.15, -0.1) is 0 Å². The number of rotatable bonds is 3. The van der Waals surface area contributed by atoms with Crippen LogP contribution in [0.15, 0.2) is 22.7 Å². The molecule has 0 bridgehead atoms. The summed E-state index contributed by atoms with van der Waals surface area (Å²) in [4.78, 5) is 0. The van der Waals surface area contributed by atoms with Crippen LogP contribution in [0.3, 0.4) is 0 Å². The first kappa shape index (κ1) is 10.8. The molecule has 0 aromatic heterocycles. The van der Waals surface area contributed by atoms with Gasteiger partial charge in [-0.2, -0.15) is 0 Å². The summed E-state index contributed by atoms with van der Waals surface area (Å²) < 4.78 is 12.2. The Morgan fingerprint density at radius 3 is 3.27 bits per heavy atom. The lowest BCUT2D eigenvalue weighted by Crippen LogP contribution is -2.34. The van der Waals surface area contributed by atoms with E-state index in [-0.39, 0.29) is 6.10 Å². The molecule has 1 aromatic rings. The molecule has 0 amide bonds. The van der Waals surface area contributed by atoms with E-state index in [4.69, 9.17) is 9.47 Å². The molecule has 0 saturated carbocycles. The third-order valence-corrected chi connectivity index (χ3v) is 2.76. The van der Waals surface area contributed by atoms with Crippen molar-refractivity contribution in [2.24, 2.45) is 0 Å². The first-order valence-electron chi connectivity index (χ1n) is 5.07. The number of ether oxygens (including phenoxy) is 2. The van der Waals surface area contributed by atoms with Gasteiger partial charge in [0.05, 0.1) is 18.8 Å². The van der Waals surface area contributed by atoms with E-state index >= 15 is 0 Å². The van der Waals surface area contributed by atoms with Crippen molar-refractivity contribution in [1.29, 1.82) is 0 Å². The van der Waals surface area contributed by atoms with Crippen molar-refractivity contribution >= 4 is 21.6 Å². The van der Waals surface area contributed by atoms with Crippen molar-refractivity contribution < 1.29 is 9.47 Å². The monoisotopic (exact) mass is 271 g/mol. The molecule has 1 unspecified atom stereocenters. The van der Waals surface area contributed by atoms with E-state index in [1.165, 1.54) is 0 Å². The molecule has 2 rings (SSSR count). The number of hydrogen-bond donors (Lipinski definition) is 1. The molecule has 0 saturated heterocycles. The van der Waals surface area contributed by atoms with Crippen LogP contribution in [0.25, 0.3) is 0 Å². The first-order valence-corrected chi connectivity index (χ1v) is 5.86. The highest BCUT2D eigenvalue weighted by molar-refractivity contribution is 9.10. The number of halogens is 1. The number of nitrogens with one attached hydrogen (secondary N) is 1. The van der Waals surface area contributed by atoms with Crippen LogP contribution in [0, 0.1) is 0 Å². The van der Waals surface area contributed by atoms with Gasteiger partial charge >= 0.3 is 0 Å². The van der Waals surface area contributed by atoms with Gasteiger partial charge in [0.25, 0.3) is 0 Å². The largest absolute Gasteiger partial charge is 0.484 e. The van der Waals surface area contributed by atoms with E-state index in [9.17, 15) is 0 Å². The molecule has 3 nitrogen and oxygen atoms in total. The Bertz CT molecular complexity index is 343. The maximum absolute atomic E-state index is 5.80. The van der Waals surface area contributed by atoms with Crippen LogP contribution in [0.2, 0.25) is 0 Å². The van der Waals surface area contributed by atoms with Crippen LogP contribution in [-0.2, 0) is 4.74 Å². The summed E-state index contributed by atoms with van der Waals surface area (Å²) in [5.41, 5.74) is 1.05. The van der Waals surface area contributed by atoms with E-state index in [2.05, 4.69) is 21.2 Å². The molecule has 4 heteroatoms. The molecule has 1 N–H and O–H groups in total. The van der Waals surface area contributed by atoms with Crippen molar-refractivity contribution in [2.75, 3.05) is 25.1 Å². The summed E-state index contributed by atoms with van der Waals surface area (Å²) in [6.45, 7) is 4.15. The summed E-state index contributed by atoms with van der Waals surface area (Å²) in [7, 11) is 0. The number of benzene rings is 1.